The van der Waals surface area contributed by atoms with Gasteiger partial charge in [0.15, 0.2) is 5.78 Å². The number of aromatic amines is 1. The molecule has 0 amide bonds. The summed E-state index contributed by atoms with van der Waals surface area (Å²) in [6.07, 6.45) is 2.30. The van der Waals surface area contributed by atoms with Crippen molar-refractivity contribution in [1.29, 1.82) is 0 Å². The maximum Gasteiger partial charge on any atom is 0.287 e. The zero-order chi connectivity index (χ0) is 14.8. The number of carbonyl (C=O) groups excluding carboxylic acids is 1. The van der Waals surface area contributed by atoms with Gasteiger partial charge in [-0.3, -0.25) is 19.8 Å². The third-order valence-corrected chi connectivity index (χ3v) is 4.85. The van der Waals surface area contributed by atoms with Crippen LogP contribution < -0.4 is 0 Å². The summed E-state index contributed by atoms with van der Waals surface area (Å²) in [5, 5.41) is 10.6. The Hall–Kier alpha value is -1.34. The molecule has 0 bridgehead atoms. The summed E-state index contributed by atoms with van der Waals surface area (Å²) in [5.41, 5.74) is 0.244. The van der Waals surface area contributed by atoms with Crippen LogP contribution in [0.5, 0.6) is 0 Å². The van der Waals surface area contributed by atoms with Gasteiger partial charge in [0.2, 0.25) is 0 Å². The van der Waals surface area contributed by atoms with Gasteiger partial charge in [-0.2, -0.15) is 11.8 Å². The third kappa shape index (κ3) is 3.83. The van der Waals surface area contributed by atoms with Gasteiger partial charge < -0.3 is 4.98 Å². The minimum Gasteiger partial charge on any atom is -0.353 e. The standard InChI is InChI=1S/C13H19N3O3S/c1-13(2)3-4-15(5-6-20-13)9-12(17)11-7-10(8-14-11)16(18)19/h7-8,14H,3-6,9H2,1-2H3. The van der Waals surface area contributed by atoms with E-state index in [-0.39, 0.29) is 16.2 Å². The van der Waals surface area contributed by atoms with Gasteiger partial charge in [-0.05, 0) is 13.0 Å². The number of ketones is 1. The minimum absolute atomic E-state index is 0.0686. The van der Waals surface area contributed by atoms with Crippen molar-refractivity contribution in [3.8, 4) is 0 Å². The fourth-order valence-electron chi connectivity index (χ4n) is 2.16. The Kier molecular flexibility index (Phi) is 4.49. The normalized spacial score (nSPS) is 19.5. The summed E-state index contributed by atoms with van der Waals surface area (Å²) < 4.78 is 0.253. The molecule has 2 heterocycles. The van der Waals surface area contributed by atoms with Gasteiger partial charge in [-0.25, -0.2) is 0 Å². The summed E-state index contributed by atoms with van der Waals surface area (Å²) >= 11 is 1.93. The molecule has 0 aliphatic carbocycles. The van der Waals surface area contributed by atoms with E-state index in [0.717, 1.165) is 25.3 Å². The van der Waals surface area contributed by atoms with E-state index in [1.54, 1.807) is 0 Å². The molecule has 0 atom stereocenters. The van der Waals surface area contributed by atoms with Crippen LogP contribution in [-0.2, 0) is 0 Å². The molecule has 1 saturated heterocycles. The molecule has 1 aromatic rings. The second kappa shape index (κ2) is 5.97. The number of aromatic nitrogens is 1. The lowest BCUT2D eigenvalue weighted by atomic mass is 10.1. The van der Waals surface area contributed by atoms with Gasteiger partial charge in [0.1, 0.15) is 0 Å². The van der Waals surface area contributed by atoms with Crippen LogP contribution in [-0.4, -0.2) is 50.7 Å². The van der Waals surface area contributed by atoms with E-state index in [4.69, 9.17) is 0 Å². The Morgan fingerprint density at radius 3 is 2.95 bits per heavy atom. The van der Waals surface area contributed by atoms with Crippen molar-refractivity contribution in [2.75, 3.05) is 25.4 Å². The van der Waals surface area contributed by atoms with Crippen molar-refractivity contribution in [2.24, 2.45) is 0 Å². The summed E-state index contributed by atoms with van der Waals surface area (Å²) in [6, 6.07) is 1.30. The Bertz CT molecular complexity index is 513. The number of nitrogens with one attached hydrogen (secondary N) is 1. The van der Waals surface area contributed by atoms with Gasteiger partial charge in [0.05, 0.1) is 23.4 Å². The molecule has 0 spiro atoms. The minimum atomic E-state index is -0.502. The Morgan fingerprint density at radius 2 is 2.30 bits per heavy atom. The monoisotopic (exact) mass is 297 g/mol. The average Bonchev–Trinajstić information content (AvgIpc) is 2.79. The van der Waals surface area contributed by atoms with E-state index in [2.05, 4.69) is 23.7 Å². The molecule has 1 fully saturated rings. The first-order valence-electron chi connectivity index (χ1n) is 6.60. The number of thioether (sulfide) groups is 1. The number of hydrogen-bond acceptors (Lipinski definition) is 5. The van der Waals surface area contributed by atoms with Crippen molar-refractivity contribution in [1.82, 2.24) is 9.88 Å². The number of carbonyl (C=O) groups is 1. The predicted octanol–water partition coefficient (Wildman–Crippen LogP) is 2.32. The first-order valence-corrected chi connectivity index (χ1v) is 7.58. The predicted molar refractivity (Wildman–Crippen MR) is 79.4 cm³/mol. The SMILES string of the molecule is CC1(C)CCN(CC(=O)c2cc([N+](=O)[O-])c[nH]2)CCS1. The van der Waals surface area contributed by atoms with Crippen LogP contribution in [0.3, 0.4) is 0 Å². The molecule has 0 unspecified atom stereocenters. The maximum absolute atomic E-state index is 12.1. The lowest BCUT2D eigenvalue weighted by molar-refractivity contribution is -0.384. The summed E-state index contributed by atoms with van der Waals surface area (Å²) in [6.45, 7) is 6.51. The fourth-order valence-corrected chi connectivity index (χ4v) is 3.30. The molecular weight excluding hydrogens is 278 g/mol. The Labute approximate surface area is 122 Å². The molecule has 7 heteroatoms. The Balaban J connectivity index is 1.95. The van der Waals surface area contributed by atoms with Crippen LogP contribution in [0.15, 0.2) is 12.3 Å². The molecule has 2 rings (SSSR count). The summed E-state index contributed by atoms with van der Waals surface area (Å²) in [7, 11) is 0. The van der Waals surface area contributed by atoms with Gasteiger partial charge in [0.25, 0.3) is 5.69 Å². The molecule has 0 aromatic carbocycles. The third-order valence-electron chi connectivity index (χ3n) is 3.48. The zero-order valence-electron chi connectivity index (χ0n) is 11.7. The number of nitro groups is 1. The van der Waals surface area contributed by atoms with E-state index in [9.17, 15) is 14.9 Å². The van der Waals surface area contributed by atoms with E-state index in [0.29, 0.717) is 12.2 Å². The lowest BCUT2D eigenvalue weighted by Crippen LogP contribution is -2.32. The molecule has 1 aromatic heterocycles. The lowest BCUT2D eigenvalue weighted by Gasteiger charge is -2.22. The molecular formula is C13H19N3O3S. The van der Waals surface area contributed by atoms with Crippen LogP contribution in [0.4, 0.5) is 5.69 Å². The van der Waals surface area contributed by atoms with Crippen LogP contribution in [0.25, 0.3) is 0 Å². The van der Waals surface area contributed by atoms with E-state index in [1.165, 1.54) is 12.3 Å². The van der Waals surface area contributed by atoms with Gasteiger partial charge >= 0.3 is 0 Å². The molecule has 1 N–H and O–H groups in total. The molecule has 0 saturated carbocycles. The first kappa shape index (κ1) is 15.1. The topological polar surface area (TPSA) is 79.2 Å². The first-order chi connectivity index (χ1) is 9.37. The van der Waals surface area contributed by atoms with Crippen molar-refractivity contribution >= 4 is 23.2 Å². The highest BCUT2D eigenvalue weighted by atomic mass is 32.2. The van der Waals surface area contributed by atoms with Gasteiger partial charge in [-0.15, -0.1) is 0 Å². The number of rotatable bonds is 4. The largest absolute Gasteiger partial charge is 0.353 e. The second-order valence-corrected chi connectivity index (χ2v) is 7.39. The van der Waals surface area contributed by atoms with Crippen LogP contribution in [0.1, 0.15) is 30.8 Å². The van der Waals surface area contributed by atoms with Crippen LogP contribution >= 0.6 is 11.8 Å². The highest BCUT2D eigenvalue weighted by Gasteiger charge is 2.25. The Morgan fingerprint density at radius 1 is 1.55 bits per heavy atom. The average molecular weight is 297 g/mol. The molecule has 0 radical (unpaired) electrons. The molecule has 110 valence electrons. The second-order valence-electron chi connectivity index (χ2n) is 5.59. The quantitative estimate of drug-likeness (QED) is 0.524. The van der Waals surface area contributed by atoms with Gasteiger partial charge in [0, 0.05) is 23.1 Å². The number of hydrogen-bond donors (Lipinski definition) is 1. The van der Waals surface area contributed by atoms with E-state index < -0.39 is 4.92 Å². The highest BCUT2D eigenvalue weighted by molar-refractivity contribution is 8.00. The van der Waals surface area contributed by atoms with Crippen molar-refractivity contribution in [2.45, 2.75) is 25.0 Å². The van der Waals surface area contributed by atoms with E-state index >= 15 is 0 Å². The molecule has 1 aliphatic heterocycles. The highest BCUT2D eigenvalue weighted by Crippen LogP contribution is 2.30. The van der Waals surface area contributed by atoms with Crippen LogP contribution in [0.2, 0.25) is 0 Å². The maximum atomic E-state index is 12.1. The number of nitrogens with zero attached hydrogens (tertiary/aromatic N) is 2. The molecule has 6 nitrogen and oxygen atoms in total. The molecule has 20 heavy (non-hydrogen) atoms. The fraction of sp³-hybridized carbons (Fsp3) is 0.615. The zero-order valence-corrected chi connectivity index (χ0v) is 12.5. The summed E-state index contributed by atoms with van der Waals surface area (Å²) in [5.74, 6) is 0.910. The summed E-state index contributed by atoms with van der Waals surface area (Å²) in [4.78, 5) is 27.0. The molecule has 1 aliphatic rings. The van der Waals surface area contributed by atoms with E-state index in [1.807, 2.05) is 11.8 Å². The smallest absolute Gasteiger partial charge is 0.287 e. The van der Waals surface area contributed by atoms with Gasteiger partial charge in [-0.1, -0.05) is 13.8 Å². The van der Waals surface area contributed by atoms with Crippen molar-refractivity contribution in [3.05, 3.63) is 28.1 Å². The number of H-pyrrole nitrogens is 1. The van der Waals surface area contributed by atoms with Crippen molar-refractivity contribution in [3.63, 3.8) is 0 Å². The van der Waals surface area contributed by atoms with Crippen molar-refractivity contribution < 1.29 is 9.72 Å². The van der Waals surface area contributed by atoms with Crippen LogP contribution in [0, 0.1) is 10.1 Å². The number of Topliss-reactive ketones (excluding diaryl/α,β-unsaturated/α-hetero) is 1.